The van der Waals surface area contributed by atoms with Crippen molar-refractivity contribution in [2.45, 2.75) is 71.6 Å². The highest BCUT2D eigenvalue weighted by Crippen LogP contribution is 2.43. The number of hydrogen-bond donors (Lipinski definition) is 0. The third-order valence-corrected chi connectivity index (χ3v) is 9.88. The molecule has 1 saturated carbocycles. The fourth-order valence-electron chi connectivity index (χ4n) is 5.39. The summed E-state index contributed by atoms with van der Waals surface area (Å²) in [4.78, 5) is 14.1. The van der Waals surface area contributed by atoms with Crippen molar-refractivity contribution >= 4 is 41.7 Å². The maximum Gasteiger partial charge on any atom is 0.248 e. The second-order valence-electron chi connectivity index (χ2n) is 12.7. The Balaban J connectivity index is 1.23. The standard InChI is InChI=1S/C31H35ClF2N6O2Si/c1-19-23(17-39(38-19)16-21-13-31(33,34)14-21)26-15-35-25-8-9-28(29(32)30(25)37-26)42-22-6-7-24-27(12-22)40(20(2)36-24)18-41-10-11-43(3,4)5/h6-9,12,15,17,21H,10-11,13-14,16,18H2,1-5H3. The third kappa shape index (κ3) is 6.44. The zero-order valence-corrected chi connectivity index (χ0v) is 26.8. The van der Waals surface area contributed by atoms with Gasteiger partial charge in [0.25, 0.3) is 0 Å². The first-order chi connectivity index (χ1) is 20.3. The van der Waals surface area contributed by atoms with E-state index >= 15 is 0 Å². The minimum Gasteiger partial charge on any atom is -0.456 e. The molecule has 8 nitrogen and oxygen atoms in total. The SMILES string of the molecule is Cc1nn(CC2CC(F)(F)C2)cc1-c1cnc2ccc(Oc3ccc4nc(C)n(COCC[Si](C)(C)C)c4c3)c(Cl)c2n1. The molecule has 5 aromatic rings. The highest BCUT2D eigenvalue weighted by molar-refractivity contribution is 6.76. The predicted octanol–water partition coefficient (Wildman–Crippen LogP) is 8.26. The van der Waals surface area contributed by atoms with E-state index < -0.39 is 14.0 Å². The minimum absolute atomic E-state index is 0.0803. The van der Waals surface area contributed by atoms with Crippen molar-refractivity contribution in [3.05, 3.63) is 59.3 Å². The molecule has 0 radical (unpaired) electrons. The van der Waals surface area contributed by atoms with Gasteiger partial charge in [0.15, 0.2) is 0 Å². The number of rotatable bonds is 10. The highest BCUT2D eigenvalue weighted by Gasteiger charge is 2.45. The molecule has 12 heteroatoms. The molecule has 0 amide bonds. The normalized spacial score (nSPS) is 15.3. The van der Waals surface area contributed by atoms with Gasteiger partial charge in [-0.05, 0) is 50.1 Å². The summed E-state index contributed by atoms with van der Waals surface area (Å²) in [7, 11) is -1.18. The topological polar surface area (TPSA) is 79.9 Å². The molecule has 1 aliphatic rings. The molecule has 1 fully saturated rings. The second-order valence-corrected chi connectivity index (χ2v) is 18.7. The first-order valence-corrected chi connectivity index (χ1v) is 18.5. The highest BCUT2D eigenvalue weighted by atomic mass is 35.5. The summed E-state index contributed by atoms with van der Waals surface area (Å²) in [6, 6.07) is 10.4. The number of nitrogens with zero attached hydrogens (tertiary/aromatic N) is 6. The molecule has 3 aromatic heterocycles. The Kier molecular flexibility index (Phi) is 7.76. The summed E-state index contributed by atoms with van der Waals surface area (Å²) in [5, 5.41) is 4.87. The van der Waals surface area contributed by atoms with Crippen LogP contribution >= 0.6 is 11.6 Å². The Labute approximate surface area is 255 Å². The zero-order valence-electron chi connectivity index (χ0n) is 25.0. The summed E-state index contributed by atoms with van der Waals surface area (Å²) >= 11 is 6.84. The van der Waals surface area contributed by atoms with E-state index in [2.05, 4.69) is 34.7 Å². The average molecular weight is 625 g/mol. The average Bonchev–Trinajstić information content (AvgIpc) is 3.44. The Morgan fingerprint density at radius 1 is 1.07 bits per heavy atom. The van der Waals surface area contributed by atoms with Crippen LogP contribution in [0.15, 0.2) is 42.7 Å². The Morgan fingerprint density at radius 3 is 2.58 bits per heavy atom. The van der Waals surface area contributed by atoms with Crippen molar-refractivity contribution in [2.75, 3.05) is 6.61 Å². The van der Waals surface area contributed by atoms with E-state index in [0.717, 1.165) is 40.8 Å². The van der Waals surface area contributed by atoms with Crippen molar-refractivity contribution < 1.29 is 18.3 Å². The molecule has 1 aliphatic carbocycles. The van der Waals surface area contributed by atoms with E-state index in [1.165, 1.54) is 0 Å². The Bertz CT molecular complexity index is 1810. The van der Waals surface area contributed by atoms with Crippen LogP contribution in [0.3, 0.4) is 0 Å². The molecule has 0 aliphatic heterocycles. The molecule has 3 heterocycles. The number of ether oxygens (including phenoxy) is 2. The summed E-state index contributed by atoms with van der Waals surface area (Å²) < 4.78 is 42.6. The van der Waals surface area contributed by atoms with Crippen LogP contribution in [0.2, 0.25) is 30.7 Å². The molecule has 226 valence electrons. The maximum absolute atomic E-state index is 13.3. The van der Waals surface area contributed by atoms with Crippen LogP contribution in [0.25, 0.3) is 33.3 Å². The van der Waals surface area contributed by atoms with Crippen molar-refractivity contribution in [3.63, 3.8) is 0 Å². The monoisotopic (exact) mass is 624 g/mol. The lowest BCUT2D eigenvalue weighted by molar-refractivity contribution is -0.114. The van der Waals surface area contributed by atoms with Gasteiger partial charge >= 0.3 is 0 Å². The molecule has 0 unspecified atom stereocenters. The van der Waals surface area contributed by atoms with E-state index in [1.54, 1.807) is 16.9 Å². The summed E-state index contributed by atoms with van der Waals surface area (Å²) in [6.45, 7) is 12.4. The van der Waals surface area contributed by atoms with E-state index in [4.69, 9.17) is 26.1 Å². The molecule has 0 spiro atoms. The number of halogens is 3. The van der Waals surface area contributed by atoms with Crippen molar-refractivity contribution in [1.29, 1.82) is 0 Å². The Hall–Kier alpha value is -3.41. The van der Waals surface area contributed by atoms with Gasteiger partial charge < -0.3 is 14.0 Å². The van der Waals surface area contributed by atoms with Gasteiger partial charge in [0.05, 0.1) is 34.1 Å². The molecule has 0 atom stereocenters. The molecule has 0 saturated heterocycles. The summed E-state index contributed by atoms with van der Waals surface area (Å²) in [6.07, 6.45) is 3.31. The molecule has 6 rings (SSSR count). The molecule has 2 aromatic carbocycles. The number of aryl methyl sites for hydroxylation is 2. The van der Waals surface area contributed by atoms with E-state index in [0.29, 0.717) is 46.5 Å². The first kappa shape index (κ1) is 29.6. The van der Waals surface area contributed by atoms with Gasteiger partial charge in [-0.3, -0.25) is 9.67 Å². The fraction of sp³-hybridized carbons (Fsp3) is 0.419. The first-order valence-electron chi connectivity index (χ1n) is 14.5. The van der Waals surface area contributed by atoms with E-state index in [1.807, 2.05) is 48.9 Å². The Morgan fingerprint density at radius 2 is 1.84 bits per heavy atom. The van der Waals surface area contributed by atoms with Crippen LogP contribution in [0, 0.1) is 19.8 Å². The number of alkyl halides is 2. The molecular formula is C31H35ClF2N6O2Si. The van der Waals surface area contributed by atoms with Gasteiger partial charge in [-0.1, -0.05) is 31.2 Å². The molecule has 0 N–H and O–H groups in total. The van der Waals surface area contributed by atoms with E-state index in [9.17, 15) is 8.78 Å². The van der Waals surface area contributed by atoms with Crippen molar-refractivity contribution in [1.82, 2.24) is 29.3 Å². The fourth-order valence-corrected chi connectivity index (χ4v) is 6.38. The van der Waals surface area contributed by atoms with Crippen LogP contribution in [-0.4, -0.2) is 49.9 Å². The number of benzene rings is 2. The maximum atomic E-state index is 13.3. The van der Waals surface area contributed by atoms with Gasteiger partial charge in [0.2, 0.25) is 5.92 Å². The van der Waals surface area contributed by atoms with Gasteiger partial charge in [0.1, 0.15) is 34.6 Å². The van der Waals surface area contributed by atoms with Crippen molar-refractivity contribution in [2.24, 2.45) is 5.92 Å². The number of fused-ring (bicyclic) bond motifs is 2. The van der Waals surface area contributed by atoms with Gasteiger partial charge in [-0.25, -0.2) is 18.7 Å². The molecule has 0 bridgehead atoms. The predicted molar refractivity (Wildman–Crippen MR) is 167 cm³/mol. The van der Waals surface area contributed by atoms with Gasteiger partial charge in [-0.15, -0.1) is 0 Å². The van der Waals surface area contributed by atoms with Crippen molar-refractivity contribution in [3.8, 4) is 22.8 Å². The van der Waals surface area contributed by atoms with Gasteiger partial charge in [-0.2, -0.15) is 5.10 Å². The van der Waals surface area contributed by atoms with Crippen LogP contribution in [-0.2, 0) is 18.0 Å². The zero-order chi connectivity index (χ0) is 30.5. The second kappa shape index (κ2) is 11.3. The lowest BCUT2D eigenvalue weighted by Gasteiger charge is -2.34. The van der Waals surface area contributed by atoms with Crippen LogP contribution in [0.5, 0.6) is 11.5 Å². The smallest absolute Gasteiger partial charge is 0.248 e. The third-order valence-electron chi connectivity index (χ3n) is 7.81. The van der Waals surface area contributed by atoms with E-state index in [-0.39, 0.29) is 18.8 Å². The lowest BCUT2D eigenvalue weighted by atomic mass is 9.81. The summed E-state index contributed by atoms with van der Waals surface area (Å²) in [5.74, 6) is -0.699. The quantitative estimate of drug-likeness (QED) is 0.115. The molecule has 43 heavy (non-hydrogen) atoms. The summed E-state index contributed by atoms with van der Waals surface area (Å²) in [5.41, 5.74) is 5.03. The van der Waals surface area contributed by atoms with Crippen LogP contribution in [0.4, 0.5) is 8.78 Å². The van der Waals surface area contributed by atoms with Crippen LogP contribution in [0.1, 0.15) is 24.4 Å². The lowest BCUT2D eigenvalue weighted by Crippen LogP contribution is -2.37. The molecular weight excluding hydrogens is 590 g/mol. The minimum atomic E-state index is -2.55. The van der Waals surface area contributed by atoms with Gasteiger partial charge in [0, 0.05) is 51.9 Å². The largest absolute Gasteiger partial charge is 0.456 e. The number of aromatic nitrogens is 6. The number of hydrogen-bond acceptors (Lipinski definition) is 6. The number of imidazole rings is 1. The van der Waals surface area contributed by atoms with Crippen LogP contribution < -0.4 is 4.74 Å².